The maximum Gasteiger partial charge on any atom is 0.157 e. The predicted molar refractivity (Wildman–Crippen MR) is 51.3 cm³/mol. The van der Waals surface area contributed by atoms with Crippen molar-refractivity contribution in [1.82, 2.24) is 4.90 Å². The molecule has 0 heterocycles. The van der Waals surface area contributed by atoms with Crippen molar-refractivity contribution in [3.05, 3.63) is 11.8 Å². The predicted octanol–water partition coefficient (Wildman–Crippen LogP) is 0.936. The Bertz CT molecular complexity index is 238. The van der Waals surface area contributed by atoms with Crippen LogP contribution in [0.25, 0.3) is 0 Å². The lowest BCUT2D eigenvalue weighted by molar-refractivity contribution is -0.114. The van der Waals surface area contributed by atoms with Gasteiger partial charge in [-0.05, 0) is 20.3 Å². The second-order valence-corrected chi connectivity index (χ2v) is 4.27. The zero-order valence-electron chi connectivity index (χ0n) is 8.50. The molecule has 1 aliphatic rings. The summed E-state index contributed by atoms with van der Waals surface area (Å²) in [5.74, 6) is 0.192. The molecular weight excluding hydrogens is 166 g/mol. The Morgan fingerprint density at radius 1 is 1.54 bits per heavy atom. The molecule has 0 bridgehead atoms. The van der Waals surface area contributed by atoms with Crippen LogP contribution >= 0.6 is 0 Å². The van der Waals surface area contributed by atoms with E-state index >= 15 is 0 Å². The largest absolute Gasteiger partial charge is 0.389 e. The standard InChI is InChI=1S/C10H17NO2/c1-10(2,13)7-11(3)8-4-5-9(12)6-8/h6,13H,4-5,7H2,1-3H3. The first kappa shape index (κ1) is 10.3. The summed E-state index contributed by atoms with van der Waals surface area (Å²) in [5, 5.41) is 9.56. The number of hydrogen-bond acceptors (Lipinski definition) is 3. The maximum atomic E-state index is 11.0. The number of carbonyl (C=O) groups is 1. The summed E-state index contributed by atoms with van der Waals surface area (Å²) in [6.45, 7) is 4.09. The molecule has 0 aromatic carbocycles. The fourth-order valence-corrected chi connectivity index (χ4v) is 1.56. The molecule has 0 aromatic heterocycles. The number of rotatable bonds is 3. The second-order valence-electron chi connectivity index (χ2n) is 4.27. The van der Waals surface area contributed by atoms with E-state index in [1.54, 1.807) is 19.9 Å². The molecule has 1 N–H and O–H groups in total. The normalized spacial score (nSPS) is 17.5. The van der Waals surface area contributed by atoms with Crippen molar-refractivity contribution < 1.29 is 9.90 Å². The Balaban J connectivity index is 2.54. The molecule has 0 amide bonds. The van der Waals surface area contributed by atoms with Gasteiger partial charge >= 0.3 is 0 Å². The van der Waals surface area contributed by atoms with Gasteiger partial charge in [-0.2, -0.15) is 0 Å². The van der Waals surface area contributed by atoms with E-state index in [0.29, 0.717) is 13.0 Å². The van der Waals surface area contributed by atoms with Gasteiger partial charge in [-0.3, -0.25) is 4.79 Å². The maximum absolute atomic E-state index is 11.0. The average molecular weight is 183 g/mol. The van der Waals surface area contributed by atoms with E-state index in [2.05, 4.69) is 0 Å². The Kier molecular flexibility index (Phi) is 2.76. The van der Waals surface area contributed by atoms with Gasteiger partial charge in [0.05, 0.1) is 5.60 Å². The summed E-state index contributed by atoms with van der Waals surface area (Å²) in [6, 6.07) is 0. The quantitative estimate of drug-likeness (QED) is 0.707. The van der Waals surface area contributed by atoms with E-state index in [1.165, 1.54) is 0 Å². The first-order valence-electron chi connectivity index (χ1n) is 4.55. The molecule has 3 heteroatoms. The van der Waals surface area contributed by atoms with Crippen LogP contribution in [0.2, 0.25) is 0 Å². The van der Waals surface area contributed by atoms with Crippen molar-refractivity contribution >= 4 is 5.78 Å². The van der Waals surface area contributed by atoms with Gasteiger partial charge in [-0.1, -0.05) is 0 Å². The van der Waals surface area contributed by atoms with E-state index in [-0.39, 0.29) is 5.78 Å². The number of carbonyl (C=O) groups excluding carboxylic acids is 1. The summed E-state index contributed by atoms with van der Waals surface area (Å²) in [7, 11) is 1.91. The lowest BCUT2D eigenvalue weighted by Gasteiger charge is -2.27. The van der Waals surface area contributed by atoms with Crippen molar-refractivity contribution in [3.63, 3.8) is 0 Å². The number of aliphatic hydroxyl groups is 1. The monoisotopic (exact) mass is 183 g/mol. The van der Waals surface area contributed by atoms with Crippen LogP contribution < -0.4 is 0 Å². The third-order valence-electron chi connectivity index (χ3n) is 2.07. The molecule has 1 rings (SSSR count). The Morgan fingerprint density at radius 3 is 2.54 bits per heavy atom. The SMILES string of the molecule is CN(CC(C)(C)O)C1=CC(=O)CC1. The van der Waals surface area contributed by atoms with Crippen LogP contribution in [0.5, 0.6) is 0 Å². The van der Waals surface area contributed by atoms with Crippen LogP contribution in [-0.4, -0.2) is 35.0 Å². The van der Waals surface area contributed by atoms with E-state index in [1.807, 2.05) is 11.9 Å². The first-order valence-corrected chi connectivity index (χ1v) is 4.55. The van der Waals surface area contributed by atoms with Gasteiger partial charge in [0, 0.05) is 31.8 Å². The van der Waals surface area contributed by atoms with Crippen LogP contribution in [0.4, 0.5) is 0 Å². The minimum Gasteiger partial charge on any atom is -0.389 e. The highest BCUT2D eigenvalue weighted by Gasteiger charge is 2.20. The number of likely N-dealkylation sites (N-methyl/N-ethyl adjacent to an activating group) is 1. The molecule has 0 saturated carbocycles. The van der Waals surface area contributed by atoms with Crippen LogP contribution in [-0.2, 0) is 4.79 Å². The summed E-state index contributed by atoms with van der Waals surface area (Å²) < 4.78 is 0. The molecule has 0 radical (unpaired) electrons. The van der Waals surface area contributed by atoms with Crippen LogP contribution in [0.1, 0.15) is 26.7 Å². The highest BCUT2D eigenvalue weighted by atomic mass is 16.3. The van der Waals surface area contributed by atoms with Crippen molar-refractivity contribution in [2.75, 3.05) is 13.6 Å². The van der Waals surface area contributed by atoms with Gasteiger partial charge in [0.25, 0.3) is 0 Å². The minimum atomic E-state index is -0.707. The molecule has 1 aliphatic carbocycles. The molecule has 3 nitrogen and oxygen atoms in total. The lowest BCUT2D eigenvalue weighted by atomic mass is 10.1. The fourth-order valence-electron chi connectivity index (χ4n) is 1.56. The topological polar surface area (TPSA) is 40.5 Å². The third kappa shape index (κ3) is 3.19. The number of allylic oxidation sites excluding steroid dienone is 2. The summed E-state index contributed by atoms with van der Waals surface area (Å²) in [6.07, 6.45) is 3.10. The molecule has 74 valence electrons. The zero-order valence-corrected chi connectivity index (χ0v) is 8.50. The number of ketones is 1. The molecule has 0 fully saturated rings. The van der Waals surface area contributed by atoms with Crippen molar-refractivity contribution in [3.8, 4) is 0 Å². The van der Waals surface area contributed by atoms with Gasteiger partial charge in [0.15, 0.2) is 5.78 Å². The van der Waals surface area contributed by atoms with E-state index in [0.717, 1.165) is 12.1 Å². The molecule has 0 aromatic rings. The van der Waals surface area contributed by atoms with Crippen molar-refractivity contribution in [1.29, 1.82) is 0 Å². The summed E-state index contributed by atoms with van der Waals surface area (Å²) >= 11 is 0. The highest BCUT2D eigenvalue weighted by molar-refractivity contribution is 5.92. The number of hydrogen-bond donors (Lipinski definition) is 1. The van der Waals surface area contributed by atoms with Crippen molar-refractivity contribution in [2.24, 2.45) is 0 Å². The Hall–Kier alpha value is -0.830. The molecule has 0 aliphatic heterocycles. The van der Waals surface area contributed by atoms with Crippen LogP contribution in [0.3, 0.4) is 0 Å². The van der Waals surface area contributed by atoms with Gasteiger partial charge in [-0.25, -0.2) is 0 Å². The van der Waals surface area contributed by atoms with Crippen molar-refractivity contribution in [2.45, 2.75) is 32.3 Å². The summed E-state index contributed by atoms with van der Waals surface area (Å²) in [5.41, 5.74) is 0.327. The van der Waals surface area contributed by atoms with Crippen LogP contribution in [0, 0.1) is 0 Å². The summed E-state index contributed by atoms with van der Waals surface area (Å²) in [4.78, 5) is 12.9. The van der Waals surface area contributed by atoms with Gasteiger partial charge in [-0.15, -0.1) is 0 Å². The molecule has 0 unspecified atom stereocenters. The second kappa shape index (κ2) is 3.50. The smallest absolute Gasteiger partial charge is 0.157 e. The number of nitrogens with zero attached hydrogens (tertiary/aromatic N) is 1. The molecule has 0 atom stereocenters. The minimum absolute atomic E-state index is 0.192. The van der Waals surface area contributed by atoms with Gasteiger partial charge in [0.1, 0.15) is 0 Å². The average Bonchev–Trinajstić information content (AvgIpc) is 2.31. The van der Waals surface area contributed by atoms with E-state index in [9.17, 15) is 9.90 Å². The lowest BCUT2D eigenvalue weighted by Crippen LogP contribution is -2.35. The Morgan fingerprint density at radius 2 is 2.15 bits per heavy atom. The first-order chi connectivity index (χ1) is 5.88. The van der Waals surface area contributed by atoms with Crippen LogP contribution in [0.15, 0.2) is 11.8 Å². The zero-order chi connectivity index (χ0) is 10.1. The Labute approximate surface area is 79.0 Å². The fraction of sp³-hybridized carbons (Fsp3) is 0.700. The molecule has 0 spiro atoms. The third-order valence-corrected chi connectivity index (χ3v) is 2.07. The van der Waals surface area contributed by atoms with E-state index in [4.69, 9.17) is 0 Å². The highest BCUT2D eigenvalue weighted by Crippen LogP contribution is 2.19. The van der Waals surface area contributed by atoms with Gasteiger partial charge < -0.3 is 10.0 Å². The van der Waals surface area contributed by atoms with E-state index < -0.39 is 5.60 Å². The molecular formula is C10H17NO2. The van der Waals surface area contributed by atoms with Gasteiger partial charge in [0.2, 0.25) is 0 Å². The molecule has 0 saturated heterocycles. The molecule has 13 heavy (non-hydrogen) atoms.